The van der Waals surface area contributed by atoms with Gasteiger partial charge in [-0.1, -0.05) is 48.5 Å². The van der Waals surface area contributed by atoms with Crippen molar-refractivity contribution in [3.8, 4) is 0 Å². The molecule has 4 nitrogen and oxygen atoms in total. The molecule has 3 rings (SSSR count). The number of nitrogens with one attached hydrogen (secondary N) is 2. The van der Waals surface area contributed by atoms with Crippen LogP contribution in [0.15, 0.2) is 65.5 Å². The quantitative estimate of drug-likeness (QED) is 0.678. The van der Waals surface area contributed by atoms with Gasteiger partial charge in [-0.2, -0.15) is 0 Å². The lowest BCUT2D eigenvalue weighted by atomic mass is 9.96. The average Bonchev–Trinajstić information content (AvgIpc) is 2.56. The van der Waals surface area contributed by atoms with E-state index < -0.39 is 5.60 Å². The highest BCUT2D eigenvalue weighted by molar-refractivity contribution is 5.78. The Hall–Kier alpha value is -2.43. The molecular weight excluding hydrogens is 288 g/mol. The Bertz CT molecular complexity index is 854. The molecule has 0 fully saturated rings. The number of aliphatic hydroxyl groups is 1. The van der Waals surface area contributed by atoms with Crippen molar-refractivity contribution < 1.29 is 5.11 Å². The number of rotatable bonds is 5. The summed E-state index contributed by atoms with van der Waals surface area (Å²) in [6.45, 7) is 2.53. The molecule has 118 valence electrons. The van der Waals surface area contributed by atoms with Gasteiger partial charge in [0.05, 0.1) is 5.60 Å². The van der Waals surface area contributed by atoms with Gasteiger partial charge >= 0.3 is 0 Å². The van der Waals surface area contributed by atoms with Gasteiger partial charge in [-0.15, -0.1) is 0 Å². The zero-order valence-electron chi connectivity index (χ0n) is 13.0. The van der Waals surface area contributed by atoms with E-state index in [-0.39, 0.29) is 5.56 Å². The third kappa shape index (κ3) is 3.50. The Labute approximate surface area is 134 Å². The van der Waals surface area contributed by atoms with E-state index in [0.29, 0.717) is 18.7 Å². The van der Waals surface area contributed by atoms with Crippen molar-refractivity contribution in [2.45, 2.75) is 19.1 Å². The van der Waals surface area contributed by atoms with E-state index in [0.717, 1.165) is 16.5 Å². The maximum absolute atomic E-state index is 12.1. The molecule has 0 aliphatic rings. The van der Waals surface area contributed by atoms with Crippen molar-refractivity contribution in [2.75, 3.05) is 6.54 Å². The van der Waals surface area contributed by atoms with E-state index in [1.165, 1.54) is 0 Å². The van der Waals surface area contributed by atoms with Crippen LogP contribution in [0.1, 0.15) is 18.1 Å². The first kappa shape index (κ1) is 15.5. The monoisotopic (exact) mass is 308 g/mol. The van der Waals surface area contributed by atoms with Gasteiger partial charge in [-0.05, 0) is 30.0 Å². The molecule has 2 aromatic carbocycles. The zero-order valence-corrected chi connectivity index (χ0v) is 13.0. The second-order valence-corrected chi connectivity index (χ2v) is 5.95. The molecule has 0 amide bonds. The summed E-state index contributed by atoms with van der Waals surface area (Å²) in [5.41, 5.74) is 1.26. The molecule has 0 aliphatic carbocycles. The van der Waals surface area contributed by atoms with Crippen LogP contribution in [-0.2, 0) is 12.1 Å². The number of aromatic nitrogens is 1. The molecule has 0 saturated carbocycles. The molecule has 1 heterocycles. The maximum Gasteiger partial charge on any atom is 0.252 e. The van der Waals surface area contributed by atoms with E-state index in [4.69, 9.17) is 0 Å². The summed E-state index contributed by atoms with van der Waals surface area (Å²) in [4.78, 5) is 15.0. The van der Waals surface area contributed by atoms with E-state index in [9.17, 15) is 9.90 Å². The normalized spacial score (nSPS) is 13.8. The SMILES string of the molecule is CC(O)(CNCc1cc2ccccc2[nH]c1=O)c1ccccc1. The van der Waals surface area contributed by atoms with Crippen LogP contribution in [0.3, 0.4) is 0 Å². The van der Waals surface area contributed by atoms with Gasteiger partial charge in [-0.25, -0.2) is 0 Å². The predicted molar refractivity (Wildman–Crippen MR) is 92.3 cm³/mol. The highest BCUT2D eigenvalue weighted by Gasteiger charge is 2.22. The zero-order chi connectivity index (χ0) is 16.3. The van der Waals surface area contributed by atoms with Gasteiger partial charge in [0.15, 0.2) is 0 Å². The van der Waals surface area contributed by atoms with Crippen molar-refractivity contribution in [3.05, 3.63) is 82.1 Å². The molecule has 0 aliphatic heterocycles. The lowest BCUT2D eigenvalue weighted by Crippen LogP contribution is -2.36. The number of hydrogen-bond donors (Lipinski definition) is 3. The average molecular weight is 308 g/mol. The summed E-state index contributed by atoms with van der Waals surface area (Å²) < 4.78 is 0. The van der Waals surface area contributed by atoms with Gasteiger partial charge in [-0.3, -0.25) is 4.79 Å². The topological polar surface area (TPSA) is 65.1 Å². The smallest absolute Gasteiger partial charge is 0.252 e. The lowest BCUT2D eigenvalue weighted by molar-refractivity contribution is 0.0566. The van der Waals surface area contributed by atoms with Crippen LogP contribution in [0.2, 0.25) is 0 Å². The number of aromatic amines is 1. The van der Waals surface area contributed by atoms with Gasteiger partial charge in [0.25, 0.3) is 5.56 Å². The first-order chi connectivity index (χ1) is 11.1. The van der Waals surface area contributed by atoms with Crippen LogP contribution in [-0.4, -0.2) is 16.6 Å². The van der Waals surface area contributed by atoms with Crippen molar-refractivity contribution in [2.24, 2.45) is 0 Å². The molecule has 23 heavy (non-hydrogen) atoms. The first-order valence-corrected chi connectivity index (χ1v) is 7.66. The second kappa shape index (κ2) is 6.36. The van der Waals surface area contributed by atoms with E-state index in [1.807, 2.05) is 60.7 Å². The highest BCUT2D eigenvalue weighted by Crippen LogP contribution is 2.19. The molecule has 0 saturated heterocycles. The predicted octanol–water partition coefficient (Wildman–Crippen LogP) is 2.53. The number of para-hydroxylation sites is 1. The Morgan fingerprint density at radius 2 is 1.78 bits per heavy atom. The van der Waals surface area contributed by atoms with E-state index >= 15 is 0 Å². The number of H-pyrrole nitrogens is 1. The van der Waals surface area contributed by atoms with E-state index in [1.54, 1.807) is 6.92 Å². The summed E-state index contributed by atoms with van der Waals surface area (Å²) in [5, 5.41) is 14.7. The van der Waals surface area contributed by atoms with Gasteiger partial charge in [0.2, 0.25) is 0 Å². The maximum atomic E-state index is 12.1. The van der Waals surface area contributed by atoms with Crippen LogP contribution in [0.4, 0.5) is 0 Å². The molecule has 0 radical (unpaired) electrons. The Balaban J connectivity index is 1.71. The second-order valence-electron chi connectivity index (χ2n) is 5.95. The van der Waals surface area contributed by atoms with Gasteiger partial charge in [0, 0.05) is 24.2 Å². The molecule has 0 bridgehead atoms. The fraction of sp³-hybridized carbons (Fsp3) is 0.211. The highest BCUT2D eigenvalue weighted by atomic mass is 16.3. The molecule has 3 N–H and O–H groups in total. The minimum atomic E-state index is -0.981. The summed E-state index contributed by atoms with van der Waals surface area (Å²) in [5.74, 6) is 0. The Kier molecular flexibility index (Phi) is 4.28. The van der Waals surface area contributed by atoms with E-state index in [2.05, 4.69) is 10.3 Å². The third-order valence-corrected chi connectivity index (χ3v) is 4.01. The summed E-state index contributed by atoms with van der Waals surface area (Å²) >= 11 is 0. The standard InChI is InChI=1S/C19H20N2O2/c1-19(23,16-8-3-2-4-9-16)13-20-12-15-11-14-7-5-6-10-17(14)21-18(15)22/h2-11,20,23H,12-13H2,1H3,(H,21,22). The van der Waals surface area contributed by atoms with Crippen molar-refractivity contribution in [1.82, 2.24) is 10.3 Å². The Morgan fingerprint density at radius 1 is 1.09 bits per heavy atom. The van der Waals surface area contributed by atoms with Crippen LogP contribution < -0.4 is 10.9 Å². The number of pyridine rings is 1. The van der Waals surface area contributed by atoms with Crippen LogP contribution in [0, 0.1) is 0 Å². The molecule has 1 unspecified atom stereocenters. The van der Waals surface area contributed by atoms with Crippen molar-refractivity contribution in [3.63, 3.8) is 0 Å². The third-order valence-electron chi connectivity index (χ3n) is 4.01. The summed E-state index contributed by atoms with van der Waals surface area (Å²) in [6.07, 6.45) is 0. The molecule has 0 spiro atoms. The molecular formula is C19H20N2O2. The first-order valence-electron chi connectivity index (χ1n) is 7.66. The fourth-order valence-electron chi connectivity index (χ4n) is 2.66. The number of benzene rings is 2. The summed E-state index contributed by atoms with van der Waals surface area (Å²) in [7, 11) is 0. The minimum absolute atomic E-state index is 0.101. The number of fused-ring (bicyclic) bond motifs is 1. The summed E-state index contributed by atoms with van der Waals surface area (Å²) in [6, 6.07) is 19.1. The fourth-order valence-corrected chi connectivity index (χ4v) is 2.66. The molecule has 1 atom stereocenters. The molecule has 1 aromatic heterocycles. The Morgan fingerprint density at radius 3 is 2.57 bits per heavy atom. The van der Waals surface area contributed by atoms with Crippen LogP contribution >= 0.6 is 0 Å². The van der Waals surface area contributed by atoms with Gasteiger partial charge in [0.1, 0.15) is 0 Å². The largest absolute Gasteiger partial charge is 0.384 e. The van der Waals surface area contributed by atoms with Crippen molar-refractivity contribution in [1.29, 1.82) is 0 Å². The lowest BCUT2D eigenvalue weighted by Gasteiger charge is -2.24. The van der Waals surface area contributed by atoms with Gasteiger partial charge < -0.3 is 15.4 Å². The molecule has 3 aromatic rings. The van der Waals surface area contributed by atoms with Crippen LogP contribution in [0.5, 0.6) is 0 Å². The number of hydrogen-bond acceptors (Lipinski definition) is 3. The van der Waals surface area contributed by atoms with Crippen molar-refractivity contribution >= 4 is 10.9 Å². The molecule has 4 heteroatoms. The minimum Gasteiger partial charge on any atom is -0.384 e. The van der Waals surface area contributed by atoms with Crippen LogP contribution in [0.25, 0.3) is 10.9 Å².